The minimum atomic E-state index is -3.49. The fourth-order valence-corrected chi connectivity index (χ4v) is 2.83. The molecule has 0 aliphatic rings. The standard InChI is InChI=1S/C13H16ClN3O2S/c1-2-17-10-13(9-15-17)20(18,19)16-8-7-11-3-5-12(14)6-4-11/h3-6,9-10,16H,2,7-8H2,1H3. The molecule has 1 aromatic carbocycles. The van der Waals surface area contributed by atoms with Crippen molar-refractivity contribution in [2.24, 2.45) is 0 Å². The Hall–Kier alpha value is -1.37. The molecule has 0 saturated carbocycles. The molecule has 0 radical (unpaired) electrons. The lowest BCUT2D eigenvalue weighted by atomic mass is 10.2. The van der Waals surface area contributed by atoms with Gasteiger partial charge in [-0.2, -0.15) is 5.10 Å². The van der Waals surface area contributed by atoms with Crippen molar-refractivity contribution >= 4 is 21.6 Å². The summed E-state index contributed by atoms with van der Waals surface area (Å²) in [7, 11) is -3.49. The van der Waals surface area contributed by atoms with Crippen LogP contribution in [0.3, 0.4) is 0 Å². The van der Waals surface area contributed by atoms with Crippen molar-refractivity contribution in [3.8, 4) is 0 Å². The van der Waals surface area contributed by atoms with Gasteiger partial charge in [0.05, 0.1) is 6.20 Å². The van der Waals surface area contributed by atoms with E-state index in [1.165, 1.54) is 12.4 Å². The maximum absolute atomic E-state index is 12.0. The van der Waals surface area contributed by atoms with Gasteiger partial charge >= 0.3 is 0 Å². The molecule has 1 aromatic heterocycles. The number of aromatic nitrogens is 2. The Bertz CT molecular complexity index is 665. The quantitative estimate of drug-likeness (QED) is 0.888. The first-order valence-corrected chi connectivity index (χ1v) is 8.14. The van der Waals surface area contributed by atoms with Gasteiger partial charge in [-0.3, -0.25) is 4.68 Å². The maximum Gasteiger partial charge on any atom is 0.243 e. The average Bonchev–Trinajstić information content (AvgIpc) is 2.90. The second-order valence-corrected chi connectivity index (χ2v) is 6.51. The molecule has 0 aliphatic heterocycles. The molecule has 0 bridgehead atoms. The minimum absolute atomic E-state index is 0.190. The Morgan fingerprint density at radius 3 is 2.60 bits per heavy atom. The van der Waals surface area contributed by atoms with Crippen LogP contribution in [0.1, 0.15) is 12.5 Å². The van der Waals surface area contributed by atoms with Gasteiger partial charge in [0.15, 0.2) is 0 Å². The first-order chi connectivity index (χ1) is 9.51. The molecular formula is C13H16ClN3O2S. The molecule has 108 valence electrons. The highest BCUT2D eigenvalue weighted by Gasteiger charge is 2.15. The van der Waals surface area contributed by atoms with Gasteiger partial charge < -0.3 is 0 Å². The number of halogens is 1. The largest absolute Gasteiger partial charge is 0.272 e. The molecule has 0 spiro atoms. The van der Waals surface area contributed by atoms with Crippen molar-refractivity contribution in [3.63, 3.8) is 0 Å². The van der Waals surface area contributed by atoms with Crippen molar-refractivity contribution < 1.29 is 8.42 Å². The van der Waals surface area contributed by atoms with Crippen LogP contribution in [0.15, 0.2) is 41.6 Å². The van der Waals surface area contributed by atoms with Crippen molar-refractivity contribution in [3.05, 3.63) is 47.2 Å². The van der Waals surface area contributed by atoms with E-state index in [9.17, 15) is 8.42 Å². The monoisotopic (exact) mass is 313 g/mol. The van der Waals surface area contributed by atoms with E-state index in [1.54, 1.807) is 16.8 Å². The van der Waals surface area contributed by atoms with Crippen LogP contribution in [-0.4, -0.2) is 24.7 Å². The van der Waals surface area contributed by atoms with Crippen LogP contribution in [0.25, 0.3) is 0 Å². The molecule has 0 unspecified atom stereocenters. The highest BCUT2D eigenvalue weighted by molar-refractivity contribution is 7.89. The van der Waals surface area contributed by atoms with Gasteiger partial charge in [0.1, 0.15) is 4.90 Å². The number of hydrogen-bond donors (Lipinski definition) is 1. The Morgan fingerprint density at radius 2 is 2.00 bits per heavy atom. The predicted octanol–water partition coefficient (Wildman–Crippen LogP) is 2.08. The normalized spacial score (nSPS) is 11.7. The van der Waals surface area contributed by atoms with Gasteiger partial charge in [-0.05, 0) is 31.0 Å². The third kappa shape index (κ3) is 3.82. The first kappa shape index (κ1) is 15.0. The zero-order valence-corrected chi connectivity index (χ0v) is 12.7. The lowest BCUT2D eigenvalue weighted by molar-refractivity contribution is 0.581. The van der Waals surface area contributed by atoms with Crippen LogP contribution in [0.5, 0.6) is 0 Å². The third-order valence-electron chi connectivity index (χ3n) is 2.86. The summed E-state index contributed by atoms with van der Waals surface area (Å²) < 4.78 is 28.2. The number of benzene rings is 1. The van der Waals surface area contributed by atoms with Gasteiger partial charge in [-0.25, -0.2) is 13.1 Å². The van der Waals surface area contributed by atoms with E-state index in [4.69, 9.17) is 11.6 Å². The number of nitrogens with zero attached hydrogens (tertiary/aromatic N) is 2. The number of aryl methyl sites for hydroxylation is 1. The Labute approximate surface area is 123 Å². The molecule has 0 atom stereocenters. The summed E-state index contributed by atoms with van der Waals surface area (Å²) in [4.78, 5) is 0.190. The summed E-state index contributed by atoms with van der Waals surface area (Å²) in [5.74, 6) is 0. The van der Waals surface area contributed by atoms with E-state index < -0.39 is 10.0 Å². The molecule has 0 saturated heterocycles. The molecule has 0 amide bonds. The van der Waals surface area contributed by atoms with Gasteiger partial charge in [-0.1, -0.05) is 23.7 Å². The average molecular weight is 314 g/mol. The van der Waals surface area contributed by atoms with Crippen molar-refractivity contribution in [2.45, 2.75) is 24.8 Å². The van der Waals surface area contributed by atoms with Gasteiger partial charge in [-0.15, -0.1) is 0 Å². The molecule has 0 fully saturated rings. The number of rotatable bonds is 6. The lowest BCUT2D eigenvalue weighted by Gasteiger charge is -2.05. The maximum atomic E-state index is 12.0. The molecule has 20 heavy (non-hydrogen) atoms. The number of hydrogen-bond acceptors (Lipinski definition) is 3. The molecule has 1 N–H and O–H groups in total. The zero-order valence-electron chi connectivity index (χ0n) is 11.1. The smallest absolute Gasteiger partial charge is 0.243 e. The summed E-state index contributed by atoms with van der Waals surface area (Å²) in [5, 5.41) is 4.63. The van der Waals surface area contributed by atoms with Crippen LogP contribution < -0.4 is 4.72 Å². The summed E-state index contributed by atoms with van der Waals surface area (Å²) in [6.45, 7) is 2.87. The molecule has 2 aromatic rings. The predicted molar refractivity (Wildman–Crippen MR) is 78.2 cm³/mol. The van der Waals surface area contributed by atoms with Gasteiger partial charge in [0, 0.05) is 24.3 Å². The lowest BCUT2D eigenvalue weighted by Crippen LogP contribution is -2.25. The van der Waals surface area contributed by atoms with Crippen molar-refractivity contribution in [1.82, 2.24) is 14.5 Å². The Morgan fingerprint density at radius 1 is 1.30 bits per heavy atom. The van der Waals surface area contributed by atoms with E-state index in [-0.39, 0.29) is 4.90 Å². The minimum Gasteiger partial charge on any atom is -0.272 e. The highest BCUT2D eigenvalue weighted by Crippen LogP contribution is 2.10. The van der Waals surface area contributed by atoms with E-state index >= 15 is 0 Å². The number of nitrogens with one attached hydrogen (secondary N) is 1. The van der Waals surface area contributed by atoms with Crippen LogP contribution in [0.2, 0.25) is 5.02 Å². The van der Waals surface area contributed by atoms with Crippen LogP contribution in [-0.2, 0) is 23.0 Å². The molecule has 7 heteroatoms. The van der Waals surface area contributed by atoms with Crippen LogP contribution in [0, 0.1) is 0 Å². The summed E-state index contributed by atoms with van der Waals surface area (Å²) >= 11 is 5.79. The van der Waals surface area contributed by atoms with Crippen LogP contribution >= 0.6 is 11.6 Å². The van der Waals surface area contributed by atoms with Crippen LogP contribution in [0.4, 0.5) is 0 Å². The fourth-order valence-electron chi connectivity index (χ4n) is 1.72. The van der Waals surface area contributed by atoms with E-state index in [1.807, 2.05) is 19.1 Å². The second kappa shape index (κ2) is 6.39. The topological polar surface area (TPSA) is 64.0 Å². The summed E-state index contributed by atoms with van der Waals surface area (Å²) in [6.07, 6.45) is 3.48. The molecule has 1 heterocycles. The second-order valence-electron chi connectivity index (χ2n) is 4.31. The van der Waals surface area contributed by atoms with Gasteiger partial charge in [0.2, 0.25) is 10.0 Å². The highest BCUT2D eigenvalue weighted by atomic mass is 35.5. The first-order valence-electron chi connectivity index (χ1n) is 6.28. The Kier molecular flexibility index (Phi) is 4.80. The third-order valence-corrected chi connectivity index (χ3v) is 4.53. The SMILES string of the molecule is CCn1cc(S(=O)(=O)NCCc2ccc(Cl)cc2)cn1. The van der Waals surface area contributed by atoms with Gasteiger partial charge in [0.25, 0.3) is 0 Å². The fraction of sp³-hybridized carbons (Fsp3) is 0.308. The van der Waals surface area contributed by atoms with E-state index in [0.29, 0.717) is 24.5 Å². The molecule has 5 nitrogen and oxygen atoms in total. The molecule has 0 aliphatic carbocycles. The molecule has 2 rings (SSSR count). The Balaban J connectivity index is 1.94. The van der Waals surface area contributed by atoms with E-state index in [2.05, 4.69) is 9.82 Å². The van der Waals surface area contributed by atoms with Crippen molar-refractivity contribution in [1.29, 1.82) is 0 Å². The summed E-state index contributed by atoms with van der Waals surface area (Å²) in [6, 6.07) is 7.34. The molecular weight excluding hydrogens is 298 g/mol. The number of sulfonamides is 1. The van der Waals surface area contributed by atoms with Crippen molar-refractivity contribution in [2.75, 3.05) is 6.54 Å². The summed E-state index contributed by atoms with van der Waals surface area (Å²) in [5.41, 5.74) is 1.03. The zero-order chi connectivity index (χ0) is 14.6. The van der Waals surface area contributed by atoms with E-state index in [0.717, 1.165) is 5.56 Å².